The summed E-state index contributed by atoms with van der Waals surface area (Å²) < 4.78 is 0.816. The number of amides is 1. The molecule has 2 rings (SSSR count). The first kappa shape index (κ1) is 13.1. The number of carboxylic acid groups (broad SMARTS) is 1. The van der Waals surface area contributed by atoms with Gasteiger partial charge in [-0.25, -0.2) is 0 Å². The SMILES string of the molecule is O=C(O)CC1(CNC(=O)c2cc(Br)c[nH]2)CCC1. The smallest absolute Gasteiger partial charge is 0.303 e. The molecule has 6 heteroatoms. The van der Waals surface area contributed by atoms with Crippen molar-refractivity contribution in [3.63, 3.8) is 0 Å². The molecule has 1 aromatic heterocycles. The number of rotatable bonds is 5. The Hall–Kier alpha value is -1.30. The summed E-state index contributed by atoms with van der Waals surface area (Å²) in [5.41, 5.74) is 0.234. The first-order valence-electron chi connectivity index (χ1n) is 5.85. The van der Waals surface area contributed by atoms with Crippen molar-refractivity contribution >= 4 is 27.8 Å². The van der Waals surface area contributed by atoms with Crippen LogP contribution in [0.5, 0.6) is 0 Å². The monoisotopic (exact) mass is 314 g/mol. The van der Waals surface area contributed by atoms with Crippen LogP contribution in [0.15, 0.2) is 16.7 Å². The van der Waals surface area contributed by atoms with Gasteiger partial charge >= 0.3 is 5.97 Å². The highest BCUT2D eigenvalue weighted by Crippen LogP contribution is 2.43. The molecule has 0 aromatic carbocycles. The van der Waals surface area contributed by atoms with Crippen LogP contribution in [0.25, 0.3) is 0 Å². The van der Waals surface area contributed by atoms with E-state index in [1.165, 1.54) is 0 Å². The van der Waals surface area contributed by atoms with Crippen molar-refractivity contribution in [3.05, 3.63) is 22.4 Å². The van der Waals surface area contributed by atoms with Crippen LogP contribution in [-0.2, 0) is 4.79 Å². The molecule has 1 aliphatic rings. The van der Waals surface area contributed by atoms with Crippen LogP contribution in [0.3, 0.4) is 0 Å². The van der Waals surface area contributed by atoms with Gasteiger partial charge in [0.05, 0.1) is 6.42 Å². The number of carboxylic acids is 1. The Morgan fingerprint density at radius 2 is 2.22 bits per heavy atom. The maximum atomic E-state index is 11.8. The number of nitrogens with one attached hydrogen (secondary N) is 2. The highest BCUT2D eigenvalue weighted by Gasteiger charge is 2.39. The molecule has 1 aromatic rings. The van der Waals surface area contributed by atoms with Gasteiger partial charge in [-0.1, -0.05) is 6.42 Å². The average Bonchev–Trinajstić information content (AvgIpc) is 2.68. The van der Waals surface area contributed by atoms with Gasteiger partial charge in [-0.05, 0) is 40.3 Å². The molecule has 98 valence electrons. The number of carbonyl (C=O) groups excluding carboxylic acids is 1. The number of aliphatic carboxylic acids is 1. The molecule has 0 bridgehead atoms. The van der Waals surface area contributed by atoms with E-state index in [0.717, 1.165) is 23.7 Å². The Kier molecular flexibility index (Phi) is 3.75. The molecule has 0 aliphatic heterocycles. The molecule has 1 saturated carbocycles. The molecule has 3 N–H and O–H groups in total. The van der Waals surface area contributed by atoms with Crippen molar-refractivity contribution in [1.29, 1.82) is 0 Å². The predicted octanol–water partition coefficient (Wildman–Crippen LogP) is 2.15. The van der Waals surface area contributed by atoms with Gasteiger partial charge in [0.25, 0.3) is 5.91 Å². The fourth-order valence-corrected chi connectivity index (χ4v) is 2.62. The molecule has 18 heavy (non-hydrogen) atoms. The van der Waals surface area contributed by atoms with Crippen LogP contribution >= 0.6 is 15.9 Å². The zero-order valence-electron chi connectivity index (χ0n) is 9.83. The molecule has 0 unspecified atom stereocenters. The molecule has 1 amide bonds. The van der Waals surface area contributed by atoms with E-state index in [1.54, 1.807) is 12.3 Å². The van der Waals surface area contributed by atoms with Crippen LogP contribution in [0.4, 0.5) is 0 Å². The van der Waals surface area contributed by atoms with Crippen LogP contribution < -0.4 is 5.32 Å². The zero-order valence-corrected chi connectivity index (χ0v) is 11.4. The highest BCUT2D eigenvalue weighted by molar-refractivity contribution is 9.10. The van der Waals surface area contributed by atoms with Crippen LogP contribution in [0.2, 0.25) is 0 Å². The molecule has 0 atom stereocenters. The molecule has 1 aliphatic carbocycles. The van der Waals surface area contributed by atoms with Crippen molar-refractivity contribution in [2.45, 2.75) is 25.7 Å². The van der Waals surface area contributed by atoms with Gasteiger partial charge in [0.15, 0.2) is 0 Å². The molecule has 0 saturated heterocycles. The number of halogens is 1. The van der Waals surface area contributed by atoms with E-state index in [0.29, 0.717) is 12.2 Å². The van der Waals surface area contributed by atoms with E-state index >= 15 is 0 Å². The van der Waals surface area contributed by atoms with E-state index in [1.807, 2.05) is 0 Å². The highest BCUT2D eigenvalue weighted by atomic mass is 79.9. The van der Waals surface area contributed by atoms with E-state index in [2.05, 4.69) is 26.2 Å². The van der Waals surface area contributed by atoms with Gasteiger partial charge in [-0.15, -0.1) is 0 Å². The van der Waals surface area contributed by atoms with Gasteiger partial charge in [-0.3, -0.25) is 9.59 Å². The first-order valence-corrected chi connectivity index (χ1v) is 6.64. The van der Waals surface area contributed by atoms with Crippen molar-refractivity contribution in [2.24, 2.45) is 5.41 Å². The lowest BCUT2D eigenvalue weighted by Crippen LogP contribution is -2.43. The maximum Gasteiger partial charge on any atom is 0.303 e. The summed E-state index contributed by atoms with van der Waals surface area (Å²) in [6.45, 7) is 0.425. The number of hydrogen-bond acceptors (Lipinski definition) is 2. The lowest BCUT2D eigenvalue weighted by Gasteiger charge is -2.40. The summed E-state index contributed by atoms with van der Waals surface area (Å²) in [5.74, 6) is -0.996. The first-order chi connectivity index (χ1) is 8.51. The summed E-state index contributed by atoms with van der Waals surface area (Å²) in [4.78, 5) is 25.5. The minimum Gasteiger partial charge on any atom is -0.481 e. The quantitative estimate of drug-likeness (QED) is 0.778. The molecular weight excluding hydrogens is 300 g/mol. The zero-order chi connectivity index (χ0) is 13.2. The van der Waals surface area contributed by atoms with Gasteiger partial charge in [0.1, 0.15) is 5.69 Å². The molecular formula is C12H15BrN2O3. The molecule has 0 radical (unpaired) electrons. The summed E-state index contributed by atoms with van der Waals surface area (Å²) in [6.07, 6.45) is 4.59. The second-order valence-corrected chi connectivity index (χ2v) is 5.75. The van der Waals surface area contributed by atoms with Gasteiger partial charge in [-0.2, -0.15) is 0 Å². The Morgan fingerprint density at radius 3 is 2.67 bits per heavy atom. The Labute approximate surface area is 113 Å². The van der Waals surface area contributed by atoms with Crippen LogP contribution in [-0.4, -0.2) is 28.5 Å². The molecule has 1 heterocycles. The summed E-state index contributed by atoms with van der Waals surface area (Å²) in [5, 5.41) is 11.7. The number of aromatic amines is 1. The van der Waals surface area contributed by atoms with Crippen molar-refractivity contribution < 1.29 is 14.7 Å². The van der Waals surface area contributed by atoms with Crippen LogP contribution in [0.1, 0.15) is 36.2 Å². The van der Waals surface area contributed by atoms with E-state index < -0.39 is 5.97 Å². The molecule has 0 spiro atoms. The third-order valence-corrected chi connectivity index (χ3v) is 3.91. The Balaban J connectivity index is 1.90. The van der Waals surface area contributed by atoms with Crippen molar-refractivity contribution in [3.8, 4) is 0 Å². The number of H-pyrrole nitrogens is 1. The normalized spacial score (nSPS) is 16.9. The third-order valence-electron chi connectivity index (χ3n) is 3.46. The van der Waals surface area contributed by atoms with Gasteiger partial charge in [0.2, 0.25) is 0 Å². The summed E-state index contributed by atoms with van der Waals surface area (Å²) >= 11 is 3.26. The maximum absolute atomic E-state index is 11.8. The average molecular weight is 315 g/mol. The number of hydrogen-bond donors (Lipinski definition) is 3. The minimum atomic E-state index is -0.799. The lowest BCUT2D eigenvalue weighted by atomic mass is 9.66. The standard InChI is InChI=1S/C12H15BrN2O3/c13-8-4-9(14-6-8)11(18)15-7-12(2-1-3-12)5-10(16)17/h4,6,14H,1-3,5,7H2,(H,15,18)(H,16,17). The lowest BCUT2D eigenvalue weighted by molar-refractivity contribution is -0.141. The summed E-state index contributed by atoms with van der Waals surface area (Å²) in [6, 6.07) is 1.69. The van der Waals surface area contributed by atoms with Crippen molar-refractivity contribution in [1.82, 2.24) is 10.3 Å². The van der Waals surface area contributed by atoms with E-state index in [-0.39, 0.29) is 17.7 Å². The van der Waals surface area contributed by atoms with E-state index in [9.17, 15) is 9.59 Å². The van der Waals surface area contributed by atoms with Crippen LogP contribution in [0, 0.1) is 5.41 Å². The predicted molar refractivity (Wildman–Crippen MR) is 69.4 cm³/mol. The summed E-state index contributed by atoms with van der Waals surface area (Å²) in [7, 11) is 0. The largest absolute Gasteiger partial charge is 0.481 e. The van der Waals surface area contributed by atoms with E-state index in [4.69, 9.17) is 5.11 Å². The molecule has 1 fully saturated rings. The van der Waals surface area contributed by atoms with Crippen molar-refractivity contribution in [2.75, 3.05) is 6.54 Å². The second kappa shape index (κ2) is 5.14. The fraction of sp³-hybridized carbons (Fsp3) is 0.500. The fourth-order valence-electron chi connectivity index (χ4n) is 2.28. The molecule has 5 nitrogen and oxygen atoms in total. The minimum absolute atomic E-state index is 0.127. The Morgan fingerprint density at radius 1 is 1.50 bits per heavy atom. The van der Waals surface area contributed by atoms with Gasteiger partial charge < -0.3 is 15.4 Å². The Bertz CT molecular complexity index is 466. The van der Waals surface area contributed by atoms with Gasteiger partial charge in [0, 0.05) is 17.2 Å². The second-order valence-electron chi connectivity index (χ2n) is 4.84. The number of aromatic nitrogens is 1. The number of carbonyl (C=O) groups is 2. The third kappa shape index (κ3) is 2.93. The topological polar surface area (TPSA) is 82.2 Å².